The SMILES string of the molecule is COC1CNCC1NC(=O)C(C)(C)F. The van der Waals surface area contributed by atoms with Crippen LogP contribution in [0.4, 0.5) is 4.39 Å². The third-order valence-corrected chi connectivity index (χ3v) is 2.32. The number of hydrogen-bond donors (Lipinski definition) is 2. The molecule has 82 valence electrons. The second kappa shape index (κ2) is 4.23. The molecule has 2 N–H and O–H groups in total. The van der Waals surface area contributed by atoms with Crippen LogP contribution in [-0.2, 0) is 9.53 Å². The van der Waals surface area contributed by atoms with Gasteiger partial charge in [0.25, 0.3) is 5.91 Å². The topological polar surface area (TPSA) is 50.4 Å². The van der Waals surface area contributed by atoms with E-state index in [-0.39, 0.29) is 12.1 Å². The number of ether oxygens (including phenoxy) is 1. The van der Waals surface area contributed by atoms with Gasteiger partial charge in [-0.2, -0.15) is 0 Å². The van der Waals surface area contributed by atoms with Gasteiger partial charge in [-0.05, 0) is 13.8 Å². The van der Waals surface area contributed by atoms with Gasteiger partial charge in [0, 0.05) is 20.2 Å². The van der Waals surface area contributed by atoms with E-state index in [1.165, 1.54) is 13.8 Å². The maximum atomic E-state index is 13.2. The molecule has 1 heterocycles. The van der Waals surface area contributed by atoms with Crippen molar-refractivity contribution >= 4 is 5.91 Å². The lowest BCUT2D eigenvalue weighted by Gasteiger charge is -2.22. The number of hydrogen-bond acceptors (Lipinski definition) is 3. The van der Waals surface area contributed by atoms with Crippen molar-refractivity contribution in [2.24, 2.45) is 0 Å². The number of carbonyl (C=O) groups excluding carboxylic acids is 1. The van der Waals surface area contributed by atoms with Crippen molar-refractivity contribution in [1.29, 1.82) is 0 Å². The Bertz CT molecular complexity index is 215. The Balaban J connectivity index is 2.48. The lowest BCUT2D eigenvalue weighted by Crippen LogP contribution is -2.49. The van der Waals surface area contributed by atoms with Crippen molar-refractivity contribution < 1.29 is 13.9 Å². The van der Waals surface area contributed by atoms with Gasteiger partial charge in [0.2, 0.25) is 0 Å². The van der Waals surface area contributed by atoms with Crippen molar-refractivity contribution in [3.63, 3.8) is 0 Å². The molecular weight excluding hydrogens is 187 g/mol. The molecule has 0 aliphatic carbocycles. The van der Waals surface area contributed by atoms with E-state index in [1.54, 1.807) is 7.11 Å². The molecule has 14 heavy (non-hydrogen) atoms. The highest BCUT2D eigenvalue weighted by Crippen LogP contribution is 2.10. The van der Waals surface area contributed by atoms with Crippen molar-refractivity contribution in [2.75, 3.05) is 20.2 Å². The standard InChI is InChI=1S/C9H17FN2O2/c1-9(2,10)8(13)12-6-4-11-5-7(6)14-3/h6-7,11H,4-5H2,1-3H3,(H,12,13). The second-order valence-electron chi connectivity index (χ2n) is 3.98. The van der Waals surface area contributed by atoms with Gasteiger partial charge >= 0.3 is 0 Å². The van der Waals surface area contributed by atoms with E-state index in [1.807, 2.05) is 0 Å². The first-order chi connectivity index (χ1) is 6.45. The molecule has 1 aliphatic heterocycles. The lowest BCUT2D eigenvalue weighted by atomic mass is 10.1. The summed E-state index contributed by atoms with van der Waals surface area (Å²) in [5.74, 6) is -0.590. The van der Waals surface area contributed by atoms with Gasteiger partial charge in [0.1, 0.15) is 0 Å². The van der Waals surface area contributed by atoms with Crippen LogP contribution in [0, 0.1) is 0 Å². The van der Waals surface area contributed by atoms with Crippen LogP contribution < -0.4 is 10.6 Å². The molecule has 0 spiro atoms. The minimum atomic E-state index is -1.83. The Kier molecular flexibility index (Phi) is 3.44. The Hall–Kier alpha value is -0.680. The largest absolute Gasteiger partial charge is 0.378 e. The summed E-state index contributed by atoms with van der Waals surface area (Å²) in [6.45, 7) is 3.80. The molecule has 1 aliphatic rings. The zero-order valence-corrected chi connectivity index (χ0v) is 8.76. The molecule has 0 bridgehead atoms. The predicted octanol–water partition coefficient (Wildman–Crippen LogP) is -0.162. The molecule has 1 amide bonds. The molecule has 1 rings (SSSR count). The molecule has 0 aromatic rings. The number of nitrogens with one attached hydrogen (secondary N) is 2. The zero-order chi connectivity index (χ0) is 10.8. The van der Waals surface area contributed by atoms with Crippen LogP contribution >= 0.6 is 0 Å². The predicted molar refractivity (Wildman–Crippen MR) is 50.8 cm³/mol. The molecule has 5 heteroatoms. The van der Waals surface area contributed by atoms with Gasteiger partial charge in [-0.15, -0.1) is 0 Å². The molecule has 1 fully saturated rings. The van der Waals surface area contributed by atoms with Crippen molar-refractivity contribution in [1.82, 2.24) is 10.6 Å². The van der Waals surface area contributed by atoms with Gasteiger partial charge in [-0.25, -0.2) is 4.39 Å². The minimum Gasteiger partial charge on any atom is -0.378 e. The van der Waals surface area contributed by atoms with Crippen LogP contribution in [0.3, 0.4) is 0 Å². The summed E-state index contributed by atoms with van der Waals surface area (Å²) in [4.78, 5) is 11.3. The molecule has 0 radical (unpaired) electrons. The molecule has 2 atom stereocenters. The van der Waals surface area contributed by atoms with Crippen LogP contribution in [0.25, 0.3) is 0 Å². The summed E-state index contributed by atoms with van der Waals surface area (Å²) in [5.41, 5.74) is -1.83. The summed E-state index contributed by atoms with van der Waals surface area (Å²) in [6, 6.07) is -0.137. The Morgan fingerprint density at radius 2 is 2.21 bits per heavy atom. The van der Waals surface area contributed by atoms with Gasteiger partial charge in [-0.1, -0.05) is 0 Å². The Labute approximate surface area is 83.2 Å². The van der Waals surface area contributed by atoms with Crippen LogP contribution in [0.2, 0.25) is 0 Å². The van der Waals surface area contributed by atoms with E-state index in [0.29, 0.717) is 13.1 Å². The van der Waals surface area contributed by atoms with Gasteiger partial charge in [0.15, 0.2) is 5.67 Å². The fourth-order valence-corrected chi connectivity index (χ4v) is 1.39. The fourth-order valence-electron chi connectivity index (χ4n) is 1.39. The molecule has 0 aromatic heterocycles. The molecule has 4 nitrogen and oxygen atoms in total. The lowest BCUT2D eigenvalue weighted by molar-refractivity contribution is -0.132. The fraction of sp³-hybridized carbons (Fsp3) is 0.889. The first-order valence-electron chi connectivity index (χ1n) is 4.68. The highest BCUT2D eigenvalue weighted by molar-refractivity contribution is 5.84. The third-order valence-electron chi connectivity index (χ3n) is 2.32. The number of carbonyl (C=O) groups is 1. The van der Waals surface area contributed by atoms with Crippen LogP contribution in [0.15, 0.2) is 0 Å². The van der Waals surface area contributed by atoms with E-state index in [4.69, 9.17) is 4.74 Å². The number of amides is 1. The summed E-state index contributed by atoms with van der Waals surface area (Å²) in [7, 11) is 1.58. The smallest absolute Gasteiger partial charge is 0.257 e. The molecule has 0 saturated carbocycles. The summed E-state index contributed by atoms with van der Waals surface area (Å²) in [5, 5.41) is 5.69. The maximum Gasteiger partial charge on any atom is 0.257 e. The zero-order valence-electron chi connectivity index (χ0n) is 8.76. The van der Waals surface area contributed by atoms with Gasteiger partial charge in [0.05, 0.1) is 12.1 Å². The van der Waals surface area contributed by atoms with Crippen molar-refractivity contribution in [3.8, 4) is 0 Å². The van der Waals surface area contributed by atoms with Gasteiger partial charge in [-0.3, -0.25) is 4.79 Å². The van der Waals surface area contributed by atoms with E-state index in [9.17, 15) is 9.18 Å². The molecule has 0 aromatic carbocycles. The van der Waals surface area contributed by atoms with E-state index >= 15 is 0 Å². The second-order valence-corrected chi connectivity index (χ2v) is 3.98. The molecular formula is C9H17FN2O2. The third kappa shape index (κ3) is 2.65. The highest BCUT2D eigenvalue weighted by atomic mass is 19.1. The first-order valence-corrected chi connectivity index (χ1v) is 4.68. The quantitative estimate of drug-likeness (QED) is 0.671. The van der Waals surface area contributed by atoms with Crippen molar-refractivity contribution in [3.05, 3.63) is 0 Å². The normalized spacial score (nSPS) is 27.7. The van der Waals surface area contributed by atoms with Crippen LogP contribution in [-0.4, -0.2) is 43.9 Å². The van der Waals surface area contributed by atoms with Gasteiger partial charge < -0.3 is 15.4 Å². The monoisotopic (exact) mass is 204 g/mol. The Morgan fingerprint density at radius 1 is 1.57 bits per heavy atom. The van der Waals surface area contributed by atoms with Crippen LogP contribution in [0.5, 0.6) is 0 Å². The average molecular weight is 204 g/mol. The Morgan fingerprint density at radius 3 is 2.71 bits per heavy atom. The number of alkyl halides is 1. The minimum absolute atomic E-state index is 0.0682. The average Bonchev–Trinajstić information content (AvgIpc) is 2.50. The summed E-state index contributed by atoms with van der Waals surface area (Å²) >= 11 is 0. The van der Waals surface area contributed by atoms with Crippen LogP contribution in [0.1, 0.15) is 13.8 Å². The summed E-state index contributed by atoms with van der Waals surface area (Å²) < 4.78 is 18.3. The van der Waals surface area contributed by atoms with Crippen molar-refractivity contribution in [2.45, 2.75) is 31.7 Å². The molecule has 2 unspecified atom stereocenters. The van der Waals surface area contributed by atoms with E-state index < -0.39 is 11.6 Å². The summed E-state index contributed by atoms with van der Waals surface area (Å²) in [6.07, 6.45) is -0.0682. The highest BCUT2D eigenvalue weighted by Gasteiger charge is 2.33. The first kappa shape index (κ1) is 11.4. The number of halogens is 1. The maximum absolute atomic E-state index is 13.2. The van der Waals surface area contributed by atoms with E-state index in [2.05, 4.69) is 10.6 Å². The van der Waals surface area contributed by atoms with E-state index in [0.717, 1.165) is 0 Å². The molecule has 1 saturated heterocycles. The number of methoxy groups -OCH3 is 1. The number of rotatable bonds is 3.